The van der Waals surface area contributed by atoms with E-state index < -0.39 is 16.5 Å². The molecule has 10 nitrogen and oxygen atoms in total. The topological polar surface area (TPSA) is 137 Å². The van der Waals surface area contributed by atoms with E-state index in [1.807, 2.05) is 0 Å². The SMILES string of the molecule is COc1cccc2c1oc(=O)c1c(NC(C)=O)nc(-c3cccc([N+](=O)[O-])c3)nc12. The molecule has 30 heavy (non-hydrogen) atoms. The number of amides is 1. The molecule has 0 bridgehead atoms. The Kier molecular flexibility index (Phi) is 4.59. The second kappa shape index (κ2) is 7.24. The van der Waals surface area contributed by atoms with Crippen LogP contribution in [0.25, 0.3) is 33.3 Å². The van der Waals surface area contributed by atoms with Crippen LogP contribution in [0.4, 0.5) is 11.5 Å². The average Bonchev–Trinajstić information content (AvgIpc) is 2.72. The fourth-order valence-electron chi connectivity index (χ4n) is 3.11. The van der Waals surface area contributed by atoms with Gasteiger partial charge < -0.3 is 14.5 Å². The number of nitrogens with one attached hydrogen (secondary N) is 1. The first-order valence-corrected chi connectivity index (χ1v) is 8.73. The molecule has 0 radical (unpaired) electrons. The van der Waals surface area contributed by atoms with Gasteiger partial charge in [-0.05, 0) is 12.1 Å². The number of non-ortho nitro benzene ring substituents is 1. The highest BCUT2D eigenvalue weighted by atomic mass is 16.6. The van der Waals surface area contributed by atoms with Gasteiger partial charge in [0, 0.05) is 30.0 Å². The van der Waals surface area contributed by atoms with Crippen LogP contribution in [0, 0.1) is 10.1 Å². The van der Waals surface area contributed by atoms with Crippen LogP contribution >= 0.6 is 0 Å². The minimum atomic E-state index is -0.753. The van der Waals surface area contributed by atoms with Crippen molar-refractivity contribution in [2.24, 2.45) is 0 Å². The predicted octanol–water partition coefficient (Wildman–Crippen LogP) is 3.28. The van der Waals surface area contributed by atoms with Crippen molar-refractivity contribution in [1.29, 1.82) is 0 Å². The van der Waals surface area contributed by atoms with Gasteiger partial charge in [0.05, 0.1) is 17.5 Å². The first-order valence-electron chi connectivity index (χ1n) is 8.73. The van der Waals surface area contributed by atoms with Crippen molar-refractivity contribution >= 4 is 39.3 Å². The molecule has 0 aliphatic heterocycles. The van der Waals surface area contributed by atoms with Crippen molar-refractivity contribution in [3.8, 4) is 17.1 Å². The second-order valence-electron chi connectivity index (χ2n) is 6.33. The van der Waals surface area contributed by atoms with Gasteiger partial charge in [-0.1, -0.05) is 18.2 Å². The Labute approximate surface area is 168 Å². The highest BCUT2D eigenvalue weighted by Crippen LogP contribution is 2.32. The molecular weight excluding hydrogens is 392 g/mol. The third-order valence-electron chi connectivity index (χ3n) is 4.37. The van der Waals surface area contributed by atoms with Gasteiger partial charge in [0.1, 0.15) is 5.39 Å². The van der Waals surface area contributed by atoms with Gasteiger partial charge in [0.15, 0.2) is 23.0 Å². The summed E-state index contributed by atoms with van der Waals surface area (Å²) in [7, 11) is 1.44. The molecule has 1 N–H and O–H groups in total. The number of para-hydroxylation sites is 1. The first-order chi connectivity index (χ1) is 14.4. The van der Waals surface area contributed by atoms with Crippen LogP contribution in [0.1, 0.15) is 6.92 Å². The third-order valence-corrected chi connectivity index (χ3v) is 4.37. The van der Waals surface area contributed by atoms with Crippen LogP contribution in [0.3, 0.4) is 0 Å². The van der Waals surface area contributed by atoms with Gasteiger partial charge in [0.25, 0.3) is 5.69 Å². The summed E-state index contributed by atoms with van der Waals surface area (Å²) in [6, 6.07) is 10.8. The Morgan fingerprint density at radius 2 is 1.97 bits per heavy atom. The smallest absolute Gasteiger partial charge is 0.349 e. The van der Waals surface area contributed by atoms with Crippen molar-refractivity contribution in [2.45, 2.75) is 6.92 Å². The zero-order valence-electron chi connectivity index (χ0n) is 15.8. The molecule has 4 rings (SSSR count). The van der Waals surface area contributed by atoms with Gasteiger partial charge in [-0.2, -0.15) is 0 Å². The Balaban J connectivity index is 2.12. The number of ether oxygens (including phenoxy) is 1. The van der Waals surface area contributed by atoms with Gasteiger partial charge in [-0.25, -0.2) is 14.8 Å². The molecule has 0 spiro atoms. The lowest BCUT2D eigenvalue weighted by Gasteiger charge is -2.11. The minimum Gasteiger partial charge on any atom is -0.493 e. The molecule has 4 aromatic rings. The summed E-state index contributed by atoms with van der Waals surface area (Å²) >= 11 is 0. The average molecular weight is 406 g/mol. The van der Waals surface area contributed by atoms with E-state index in [1.54, 1.807) is 24.3 Å². The largest absolute Gasteiger partial charge is 0.493 e. The number of nitrogens with zero attached hydrogens (tertiary/aromatic N) is 3. The number of nitro benzene ring substituents is 1. The molecule has 2 aromatic carbocycles. The number of aromatic nitrogens is 2. The number of anilines is 1. The Morgan fingerprint density at radius 3 is 2.67 bits per heavy atom. The molecule has 0 fully saturated rings. The molecule has 0 saturated carbocycles. The monoisotopic (exact) mass is 406 g/mol. The highest BCUT2D eigenvalue weighted by molar-refractivity contribution is 6.09. The number of methoxy groups -OCH3 is 1. The number of rotatable bonds is 4. The molecule has 150 valence electrons. The molecule has 0 atom stereocenters. The van der Waals surface area contributed by atoms with Gasteiger partial charge in [-0.15, -0.1) is 0 Å². The molecular formula is C20H14N4O6. The standard InChI is InChI=1S/C20H14N4O6/c1-10(25)21-19-15-16(13-7-4-8-14(29-2)17(13)30-20(15)26)22-18(23-19)11-5-3-6-12(9-11)24(27)28/h3-9H,1-2H3,(H,21,22,23,25). The molecule has 10 heteroatoms. The number of nitro groups is 1. The van der Waals surface area contributed by atoms with Gasteiger partial charge in [-0.3, -0.25) is 14.9 Å². The zero-order valence-corrected chi connectivity index (χ0v) is 15.8. The van der Waals surface area contributed by atoms with E-state index in [2.05, 4.69) is 15.3 Å². The summed E-state index contributed by atoms with van der Waals surface area (Å²) in [5.41, 5.74) is -0.134. The predicted molar refractivity (Wildman–Crippen MR) is 109 cm³/mol. The van der Waals surface area contributed by atoms with Gasteiger partial charge in [0.2, 0.25) is 5.91 Å². The summed E-state index contributed by atoms with van der Waals surface area (Å²) in [5.74, 6) is -0.0645. The van der Waals surface area contributed by atoms with Crippen LogP contribution in [-0.4, -0.2) is 27.9 Å². The van der Waals surface area contributed by atoms with E-state index in [-0.39, 0.29) is 33.8 Å². The van der Waals surface area contributed by atoms with E-state index in [9.17, 15) is 19.7 Å². The Hall–Kier alpha value is -4.34. The summed E-state index contributed by atoms with van der Waals surface area (Å²) in [6.45, 7) is 1.27. The van der Waals surface area contributed by atoms with Crippen molar-refractivity contribution in [3.05, 3.63) is 63.0 Å². The highest BCUT2D eigenvalue weighted by Gasteiger charge is 2.20. The lowest BCUT2D eigenvalue weighted by Crippen LogP contribution is -2.13. The van der Waals surface area contributed by atoms with Crippen molar-refractivity contribution < 1.29 is 18.9 Å². The van der Waals surface area contributed by atoms with Crippen LogP contribution in [-0.2, 0) is 4.79 Å². The molecule has 0 aliphatic carbocycles. The van der Waals surface area contributed by atoms with Crippen LogP contribution in [0.5, 0.6) is 5.75 Å². The molecule has 1 amide bonds. The number of hydrogen-bond donors (Lipinski definition) is 1. The van der Waals surface area contributed by atoms with Crippen molar-refractivity contribution in [2.75, 3.05) is 12.4 Å². The van der Waals surface area contributed by atoms with Crippen molar-refractivity contribution in [3.63, 3.8) is 0 Å². The summed E-state index contributed by atoms with van der Waals surface area (Å²) in [5, 5.41) is 14.1. The Morgan fingerprint density at radius 1 is 1.20 bits per heavy atom. The molecule has 0 saturated heterocycles. The molecule has 0 aliphatic rings. The summed E-state index contributed by atoms with van der Waals surface area (Å²) < 4.78 is 10.7. The second-order valence-corrected chi connectivity index (χ2v) is 6.33. The van der Waals surface area contributed by atoms with E-state index >= 15 is 0 Å². The quantitative estimate of drug-likeness (QED) is 0.236. The lowest BCUT2D eigenvalue weighted by molar-refractivity contribution is -0.384. The molecule has 2 heterocycles. The summed E-state index contributed by atoms with van der Waals surface area (Å²) in [6.07, 6.45) is 0. The number of carbonyl (C=O) groups is 1. The van der Waals surface area contributed by atoms with Crippen LogP contribution < -0.4 is 15.7 Å². The van der Waals surface area contributed by atoms with E-state index in [1.165, 1.54) is 32.2 Å². The van der Waals surface area contributed by atoms with E-state index in [0.717, 1.165) is 0 Å². The number of fused-ring (bicyclic) bond motifs is 3. The van der Waals surface area contributed by atoms with E-state index in [0.29, 0.717) is 16.7 Å². The normalized spacial score (nSPS) is 10.9. The third kappa shape index (κ3) is 3.20. The maximum absolute atomic E-state index is 12.7. The number of hydrogen-bond acceptors (Lipinski definition) is 8. The van der Waals surface area contributed by atoms with Gasteiger partial charge >= 0.3 is 5.63 Å². The zero-order chi connectivity index (χ0) is 21.4. The molecule has 0 unspecified atom stereocenters. The van der Waals surface area contributed by atoms with Crippen molar-refractivity contribution in [1.82, 2.24) is 9.97 Å². The number of benzene rings is 2. The fraction of sp³-hybridized carbons (Fsp3) is 0.100. The first kappa shape index (κ1) is 19.0. The lowest BCUT2D eigenvalue weighted by atomic mass is 10.1. The van der Waals surface area contributed by atoms with Crippen LogP contribution in [0.15, 0.2) is 51.7 Å². The summed E-state index contributed by atoms with van der Waals surface area (Å²) in [4.78, 5) is 43.8. The van der Waals surface area contributed by atoms with E-state index in [4.69, 9.17) is 9.15 Å². The molecule has 2 aromatic heterocycles. The maximum Gasteiger partial charge on any atom is 0.349 e. The number of carbonyl (C=O) groups excluding carboxylic acids is 1. The van der Waals surface area contributed by atoms with Crippen LogP contribution in [0.2, 0.25) is 0 Å². The maximum atomic E-state index is 12.7. The fourth-order valence-corrected chi connectivity index (χ4v) is 3.11. The minimum absolute atomic E-state index is 0.0138. The Bertz CT molecular complexity index is 1400.